The van der Waals surface area contributed by atoms with Gasteiger partial charge in [-0.25, -0.2) is 10.2 Å². The maximum Gasteiger partial charge on any atom is 0.343 e. The number of ether oxygens (including phenoxy) is 2. The van der Waals surface area contributed by atoms with Crippen LogP contribution in [0.3, 0.4) is 0 Å². The third-order valence-corrected chi connectivity index (χ3v) is 5.42. The van der Waals surface area contributed by atoms with Crippen molar-refractivity contribution >= 4 is 29.7 Å². The van der Waals surface area contributed by atoms with Crippen molar-refractivity contribution in [3.63, 3.8) is 0 Å². The molecular weight excluding hydrogens is 476 g/mol. The quantitative estimate of drug-likeness (QED) is 0.137. The van der Waals surface area contributed by atoms with Crippen molar-refractivity contribution in [1.29, 1.82) is 0 Å². The zero-order valence-corrected chi connectivity index (χ0v) is 20.2. The lowest BCUT2D eigenvalue weighted by Gasteiger charge is -2.13. The number of halogens is 1. The zero-order valence-electron chi connectivity index (χ0n) is 19.4. The Morgan fingerprint density at radius 3 is 2.19 bits per heavy atom. The highest BCUT2D eigenvalue weighted by Crippen LogP contribution is 2.22. The fraction of sp³-hybridized carbons (Fsp3) is 0.0690. The summed E-state index contributed by atoms with van der Waals surface area (Å²) in [5, 5.41) is 4.44. The Labute approximate surface area is 214 Å². The number of hydrazone groups is 1. The Kier molecular flexibility index (Phi) is 8.11. The number of carbonyl (C=O) groups excluding carboxylic acids is 2. The molecule has 0 unspecified atom stereocenters. The number of hydrogen-bond acceptors (Lipinski definition) is 5. The second kappa shape index (κ2) is 11.8. The third kappa shape index (κ3) is 6.81. The molecule has 0 saturated heterocycles. The topological polar surface area (TPSA) is 77.0 Å². The van der Waals surface area contributed by atoms with Gasteiger partial charge in [0.05, 0.1) is 11.8 Å². The minimum absolute atomic E-state index is 0.360. The van der Waals surface area contributed by atoms with Crippen LogP contribution in [-0.4, -0.2) is 24.2 Å². The average Bonchev–Trinajstić information content (AvgIpc) is 2.90. The van der Waals surface area contributed by atoms with E-state index in [-0.39, 0.29) is 5.91 Å². The molecule has 0 saturated carbocycles. The highest BCUT2D eigenvalue weighted by Gasteiger charge is 2.14. The van der Waals surface area contributed by atoms with Crippen LogP contribution in [0.5, 0.6) is 11.5 Å². The molecule has 4 rings (SSSR count). The van der Waals surface area contributed by atoms with Gasteiger partial charge in [-0.3, -0.25) is 4.79 Å². The van der Waals surface area contributed by atoms with Gasteiger partial charge < -0.3 is 9.47 Å². The van der Waals surface area contributed by atoms with E-state index in [4.69, 9.17) is 21.1 Å². The first kappa shape index (κ1) is 24.7. The van der Waals surface area contributed by atoms with E-state index in [2.05, 4.69) is 10.5 Å². The molecule has 4 aromatic carbocycles. The third-order valence-electron chi connectivity index (χ3n) is 5.18. The van der Waals surface area contributed by atoms with Crippen LogP contribution in [0.1, 0.15) is 22.8 Å². The lowest BCUT2D eigenvalue weighted by atomic mass is 10.1. The highest BCUT2D eigenvalue weighted by atomic mass is 35.5. The molecule has 0 aliphatic rings. The van der Waals surface area contributed by atoms with Crippen molar-refractivity contribution in [2.45, 2.75) is 13.0 Å². The number of hydrogen-bond donors (Lipinski definition) is 1. The number of benzene rings is 4. The fourth-order valence-electron chi connectivity index (χ4n) is 3.28. The molecule has 6 nitrogen and oxygen atoms in total. The molecule has 0 bridgehead atoms. The van der Waals surface area contributed by atoms with Crippen molar-refractivity contribution in [3.8, 4) is 22.6 Å². The van der Waals surface area contributed by atoms with Gasteiger partial charge in [-0.2, -0.15) is 5.10 Å². The standard InChI is InChI=1S/C29H23ClN2O4/c1-20(35-26-16-12-23(13-17-26)22-6-3-2-4-7-22)28(33)32-31-19-21-10-14-27(15-11-21)36-29(34)24-8-5-9-25(30)18-24/h2-20H,1H3,(H,32,33)/b31-19-/t20-/m1/s1. The van der Waals surface area contributed by atoms with Gasteiger partial charge in [0, 0.05) is 5.02 Å². The molecule has 0 radical (unpaired) electrons. The Hall–Kier alpha value is -4.42. The van der Waals surface area contributed by atoms with Crippen LogP contribution in [0.25, 0.3) is 11.1 Å². The number of esters is 1. The fourth-order valence-corrected chi connectivity index (χ4v) is 3.47. The Balaban J connectivity index is 1.26. The lowest BCUT2D eigenvalue weighted by molar-refractivity contribution is -0.127. The summed E-state index contributed by atoms with van der Waals surface area (Å²) in [6.07, 6.45) is 0.750. The lowest BCUT2D eigenvalue weighted by Crippen LogP contribution is -2.33. The van der Waals surface area contributed by atoms with Gasteiger partial charge in [0.2, 0.25) is 0 Å². The molecule has 1 N–H and O–H groups in total. The predicted octanol–water partition coefficient (Wildman–Crippen LogP) is 6.14. The summed E-state index contributed by atoms with van der Waals surface area (Å²) in [6, 6.07) is 30.8. The van der Waals surface area contributed by atoms with Crippen molar-refractivity contribution in [3.05, 3.63) is 119 Å². The molecule has 36 heavy (non-hydrogen) atoms. The summed E-state index contributed by atoms with van der Waals surface area (Å²) in [6.45, 7) is 1.65. The van der Waals surface area contributed by atoms with Crippen LogP contribution in [0.2, 0.25) is 5.02 Å². The number of nitrogens with one attached hydrogen (secondary N) is 1. The Morgan fingerprint density at radius 1 is 0.833 bits per heavy atom. The van der Waals surface area contributed by atoms with Crippen LogP contribution in [0, 0.1) is 0 Å². The second-order valence-corrected chi connectivity index (χ2v) is 8.29. The van der Waals surface area contributed by atoms with Gasteiger partial charge >= 0.3 is 5.97 Å². The van der Waals surface area contributed by atoms with Gasteiger partial charge in [-0.15, -0.1) is 0 Å². The van der Waals surface area contributed by atoms with E-state index in [1.165, 1.54) is 12.3 Å². The van der Waals surface area contributed by atoms with E-state index in [0.29, 0.717) is 27.6 Å². The number of carbonyl (C=O) groups is 2. The van der Waals surface area contributed by atoms with Crippen LogP contribution in [-0.2, 0) is 4.79 Å². The summed E-state index contributed by atoms with van der Waals surface area (Å²) in [5.41, 5.74) is 5.71. The molecule has 180 valence electrons. The van der Waals surface area contributed by atoms with Crippen molar-refractivity contribution in [2.75, 3.05) is 0 Å². The molecule has 0 heterocycles. The van der Waals surface area contributed by atoms with Crippen molar-refractivity contribution in [2.24, 2.45) is 5.10 Å². The number of nitrogens with zero attached hydrogens (tertiary/aromatic N) is 1. The molecule has 0 aliphatic heterocycles. The maximum absolute atomic E-state index is 12.3. The van der Waals surface area contributed by atoms with Crippen LogP contribution in [0.15, 0.2) is 108 Å². The van der Waals surface area contributed by atoms with E-state index >= 15 is 0 Å². The van der Waals surface area contributed by atoms with Gasteiger partial charge in [-0.05, 0) is 78.2 Å². The molecular formula is C29H23ClN2O4. The summed E-state index contributed by atoms with van der Waals surface area (Å²) < 4.78 is 11.1. The molecule has 7 heteroatoms. The van der Waals surface area contributed by atoms with E-state index in [1.54, 1.807) is 49.4 Å². The normalized spacial score (nSPS) is 11.6. The van der Waals surface area contributed by atoms with Gasteiger partial charge in [0.1, 0.15) is 11.5 Å². The van der Waals surface area contributed by atoms with Gasteiger partial charge in [0.15, 0.2) is 6.10 Å². The maximum atomic E-state index is 12.3. The van der Waals surface area contributed by atoms with E-state index in [9.17, 15) is 9.59 Å². The second-order valence-electron chi connectivity index (χ2n) is 7.85. The SMILES string of the molecule is C[C@@H](Oc1ccc(-c2ccccc2)cc1)C(=O)N/N=C\c1ccc(OC(=O)c2cccc(Cl)c2)cc1. The summed E-state index contributed by atoms with van der Waals surface area (Å²) >= 11 is 5.91. The summed E-state index contributed by atoms with van der Waals surface area (Å²) in [4.78, 5) is 24.6. The molecule has 0 spiro atoms. The first-order valence-electron chi connectivity index (χ1n) is 11.2. The molecule has 1 atom stereocenters. The smallest absolute Gasteiger partial charge is 0.343 e. The monoisotopic (exact) mass is 498 g/mol. The van der Waals surface area contributed by atoms with E-state index in [0.717, 1.165) is 11.1 Å². The van der Waals surface area contributed by atoms with E-state index in [1.807, 2.05) is 54.6 Å². The Bertz CT molecular complexity index is 1350. The van der Waals surface area contributed by atoms with Gasteiger partial charge in [-0.1, -0.05) is 60.1 Å². The number of amides is 1. The Morgan fingerprint density at radius 2 is 1.50 bits per heavy atom. The molecule has 0 fully saturated rings. The zero-order chi connectivity index (χ0) is 25.3. The molecule has 0 aromatic heterocycles. The van der Waals surface area contributed by atoms with Crippen LogP contribution < -0.4 is 14.9 Å². The molecule has 0 aliphatic carbocycles. The highest BCUT2D eigenvalue weighted by molar-refractivity contribution is 6.30. The first-order valence-corrected chi connectivity index (χ1v) is 11.6. The minimum atomic E-state index is -0.738. The predicted molar refractivity (Wildman–Crippen MR) is 141 cm³/mol. The van der Waals surface area contributed by atoms with Crippen LogP contribution >= 0.6 is 11.6 Å². The number of rotatable bonds is 8. The van der Waals surface area contributed by atoms with Crippen molar-refractivity contribution < 1.29 is 19.1 Å². The first-order chi connectivity index (χ1) is 17.5. The van der Waals surface area contributed by atoms with Crippen LogP contribution in [0.4, 0.5) is 0 Å². The summed E-state index contributed by atoms with van der Waals surface area (Å²) in [5.74, 6) is 0.0750. The van der Waals surface area contributed by atoms with Crippen molar-refractivity contribution in [1.82, 2.24) is 5.43 Å². The van der Waals surface area contributed by atoms with Gasteiger partial charge in [0.25, 0.3) is 5.91 Å². The minimum Gasteiger partial charge on any atom is -0.481 e. The molecule has 4 aromatic rings. The largest absolute Gasteiger partial charge is 0.481 e. The average molecular weight is 499 g/mol. The summed E-state index contributed by atoms with van der Waals surface area (Å²) in [7, 11) is 0. The molecule has 1 amide bonds. The van der Waals surface area contributed by atoms with E-state index < -0.39 is 12.1 Å².